The van der Waals surface area contributed by atoms with Gasteiger partial charge in [0.1, 0.15) is 0 Å². The molecule has 2 aliphatic carbocycles. The molecule has 0 heterocycles. The lowest BCUT2D eigenvalue weighted by atomic mass is 9.77. The molecular formula is C14H14ClNO4. The van der Waals surface area contributed by atoms with Crippen molar-refractivity contribution in [2.24, 2.45) is 17.3 Å². The Labute approximate surface area is 120 Å². The van der Waals surface area contributed by atoms with Gasteiger partial charge in [-0.1, -0.05) is 17.7 Å². The Balaban J connectivity index is 1.86. The number of aliphatic carboxylic acids is 1. The molecule has 0 spiro atoms. The highest BCUT2D eigenvalue weighted by molar-refractivity contribution is 6.31. The first-order valence-corrected chi connectivity index (χ1v) is 6.95. The fourth-order valence-corrected chi connectivity index (χ4v) is 3.69. The van der Waals surface area contributed by atoms with Crippen LogP contribution in [0.1, 0.15) is 24.8 Å². The third-order valence-electron chi connectivity index (χ3n) is 4.60. The zero-order chi connectivity index (χ0) is 14.5. The van der Waals surface area contributed by atoms with Crippen molar-refractivity contribution in [3.63, 3.8) is 0 Å². The zero-order valence-corrected chi connectivity index (χ0v) is 11.5. The maximum atomic E-state index is 11.6. The van der Waals surface area contributed by atoms with E-state index >= 15 is 0 Å². The van der Waals surface area contributed by atoms with Crippen LogP contribution in [0.3, 0.4) is 0 Å². The fourth-order valence-electron chi connectivity index (χ4n) is 3.45. The number of nitro benzene ring substituents is 1. The second-order valence-electron chi connectivity index (χ2n) is 5.96. The molecule has 2 atom stereocenters. The van der Waals surface area contributed by atoms with Gasteiger partial charge >= 0.3 is 5.97 Å². The predicted octanol–water partition coefficient (Wildman–Crippen LogP) is 3.29. The van der Waals surface area contributed by atoms with E-state index in [1.165, 1.54) is 12.1 Å². The van der Waals surface area contributed by atoms with E-state index in [-0.39, 0.29) is 10.7 Å². The lowest BCUT2D eigenvalue weighted by Gasteiger charge is -2.26. The molecule has 2 fully saturated rings. The first-order chi connectivity index (χ1) is 9.41. The van der Waals surface area contributed by atoms with E-state index in [0.717, 1.165) is 6.42 Å². The van der Waals surface area contributed by atoms with Crippen LogP contribution in [0.15, 0.2) is 18.2 Å². The van der Waals surface area contributed by atoms with Crippen molar-refractivity contribution in [3.05, 3.63) is 38.9 Å². The Kier molecular flexibility index (Phi) is 2.97. The van der Waals surface area contributed by atoms with Crippen molar-refractivity contribution in [1.29, 1.82) is 0 Å². The molecule has 0 amide bonds. The molecule has 1 aromatic carbocycles. The molecule has 0 saturated heterocycles. The van der Waals surface area contributed by atoms with E-state index in [4.69, 9.17) is 11.6 Å². The van der Waals surface area contributed by atoms with Gasteiger partial charge in [-0.15, -0.1) is 0 Å². The molecule has 0 aliphatic heterocycles. The van der Waals surface area contributed by atoms with Gasteiger partial charge < -0.3 is 5.11 Å². The van der Waals surface area contributed by atoms with Crippen molar-refractivity contribution in [3.8, 4) is 0 Å². The van der Waals surface area contributed by atoms with Crippen LogP contribution in [0.25, 0.3) is 0 Å². The number of carbonyl (C=O) groups is 1. The molecule has 0 bridgehead atoms. The van der Waals surface area contributed by atoms with Crippen LogP contribution in [0.4, 0.5) is 5.69 Å². The maximum absolute atomic E-state index is 11.6. The number of carboxylic acids is 1. The first kappa shape index (κ1) is 13.4. The minimum Gasteiger partial charge on any atom is -0.481 e. The molecule has 5 nitrogen and oxygen atoms in total. The summed E-state index contributed by atoms with van der Waals surface area (Å²) >= 11 is 6.07. The van der Waals surface area contributed by atoms with Crippen LogP contribution >= 0.6 is 11.6 Å². The normalized spacial score (nSPS) is 30.9. The van der Waals surface area contributed by atoms with E-state index in [9.17, 15) is 20.0 Å². The summed E-state index contributed by atoms with van der Waals surface area (Å²) in [6.45, 7) is 0. The van der Waals surface area contributed by atoms with Crippen LogP contribution in [0, 0.1) is 27.4 Å². The zero-order valence-electron chi connectivity index (χ0n) is 10.7. The van der Waals surface area contributed by atoms with Gasteiger partial charge in [0.15, 0.2) is 0 Å². The highest BCUT2D eigenvalue weighted by Gasteiger charge is 2.57. The highest BCUT2D eigenvalue weighted by atomic mass is 35.5. The summed E-state index contributed by atoms with van der Waals surface area (Å²) < 4.78 is 0. The molecule has 1 N–H and O–H groups in total. The summed E-state index contributed by atoms with van der Waals surface area (Å²) in [5.41, 5.74) is -0.133. The number of hydrogen-bond donors (Lipinski definition) is 1. The van der Waals surface area contributed by atoms with Crippen LogP contribution < -0.4 is 0 Å². The molecule has 6 heteroatoms. The van der Waals surface area contributed by atoms with Crippen molar-refractivity contribution < 1.29 is 14.8 Å². The number of fused-ring (bicyclic) bond motifs is 1. The van der Waals surface area contributed by atoms with Gasteiger partial charge in [-0.2, -0.15) is 0 Å². The number of hydrogen-bond acceptors (Lipinski definition) is 3. The van der Waals surface area contributed by atoms with Gasteiger partial charge in [-0.3, -0.25) is 14.9 Å². The van der Waals surface area contributed by atoms with E-state index in [1.807, 2.05) is 0 Å². The number of halogens is 1. The van der Waals surface area contributed by atoms with E-state index in [0.29, 0.717) is 36.7 Å². The molecule has 2 saturated carbocycles. The molecule has 0 radical (unpaired) electrons. The number of nitrogens with zero attached hydrogens (tertiary/aromatic N) is 1. The van der Waals surface area contributed by atoms with Gasteiger partial charge in [-0.25, -0.2) is 0 Å². The lowest BCUT2D eigenvalue weighted by Crippen LogP contribution is -2.32. The predicted molar refractivity (Wildman–Crippen MR) is 72.7 cm³/mol. The number of nitro groups is 1. The summed E-state index contributed by atoms with van der Waals surface area (Å²) in [5.74, 6) is 0.310. The molecule has 1 aromatic rings. The fraction of sp³-hybridized carbons (Fsp3) is 0.500. The molecular weight excluding hydrogens is 282 g/mol. The average Bonchev–Trinajstić information content (AvgIpc) is 2.99. The van der Waals surface area contributed by atoms with Crippen LogP contribution in [0.2, 0.25) is 5.02 Å². The van der Waals surface area contributed by atoms with Crippen molar-refractivity contribution in [2.75, 3.05) is 0 Å². The van der Waals surface area contributed by atoms with Crippen molar-refractivity contribution >= 4 is 23.3 Å². The van der Waals surface area contributed by atoms with E-state index < -0.39 is 16.3 Å². The van der Waals surface area contributed by atoms with Gasteiger partial charge in [0.25, 0.3) is 5.69 Å². The van der Waals surface area contributed by atoms with Crippen LogP contribution in [-0.4, -0.2) is 16.0 Å². The Morgan fingerprint density at radius 2 is 2.10 bits per heavy atom. The van der Waals surface area contributed by atoms with Crippen molar-refractivity contribution in [2.45, 2.75) is 25.7 Å². The number of benzene rings is 1. The summed E-state index contributed by atoms with van der Waals surface area (Å²) in [6, 6.07) is 4.25. The Morgan fingerprint density at radius 3 is 2.60 bits per heavy atom. The van der Waals surface area contributed by atoms with Gasteiger partial charge in [0, 0.05) is 12.1 Å². The smallest absolute Gasteiger partial charge is 0.309 e. The molecule has 0 aromatic heterocycles. The second kappa shape index (κ2) is 4.45. The summed E-state index contributed by atoms with van der Waals surface area (Å²) in [4.78, 5) is 21.8. The molecule has 20 heavy (non-hydrogen) atoms. The molecule has 2 aliphatic rings. The second-order valence-corrected chi connectivity index (χ2v) is 6.37. The van der Waals surface area contributed by atoms with E-state index in [1.54, 1.807) is 6.07 Å². The summed E-state index contributed by atoms with van der Waals surface area (Å²) in [5, 5.41) is 20.5. The average molecular weight is 296 g/mol. The first-order valence-electron chi connectivity index (χ1n) is 6.57. The Bertz CT molecular complexity index is 591. The third-order valence-corrected chi connectivity index (χ3v) is 4.96. The standard InChI is InChI=1S/C14H14ClNO4/c15-12-4-11(16(19)20)2-1-8(12)5-14(13(17)18)6-9-3-10(9)7-14/h1-2,4,9-10H,3,5-7H2,(H,17,18). The highest BCUT2D eigenvalue weighted by Crippen LogP contribution is 2.61. The van der Waals surface area contributed by atoms with Gasteiger partial charge in [0.05, 0.1) is 15.4 Å². The van der Waals surface area contributed by atoms with E-state index in [2.05, 4.69) is 0 Å². The van der Waals surface area contributed by atoms with Crippen LogP contribution in [-0.2, 0) is 11.2 Å². The van der Waals surface area contributed by atoms with Crippen LogP contribution in [0.5, 0.6) is 0 Å². The molecule has 3 rings (SSSR count). The van der Waals surface area contributed by atoms with Gasteiger partial charge in [-0.05, 0) is 43.1 Å². The third kappa shape index (κ3) is 2.16. The SMILES string of the molecule is O=C(O)C1(Cc2ccc([N+](=O)[O-])cc2Cl)CC2CC2C1. The monoisotopic (exact) mass is 295 g/mol. The minimum absolute atomic E-state index is 0.0719. The molecule has 2 unspecified atom stereocenters. The number of carboxylic acid groups (broad SMARTS) is 1. The summed E-state index contributed by atoms with van der Waals surface area (Å²) in [7, 11) is 0. The quantitative estimate of drug-likeness (QED) is 0.682. The van der Waals surface area contributed by atoms with Crippen molar-refractivity contribution in [1.82, 2.24) is 0 Å². The number of non-ortho nitro benzene ring substituents is 1. The number of rotatable bonds is 4. The minimum atomic E-state index is -0.779. The van der Waals surface area contributed by atoms with Gasteiger partial charge in [0.2, 0.25) is 0 Å². The Hall–Kier alpha value is -1.62. The summed E-state index contributed by atoms with van der Waals surface area (Å²) in [6.07, 6.45) is 2.88. The maximum Gasteiger partial charge on any atom is 0.309 e. The topological polar surface area (TPSA) is 80.4 Å². The Morgan fingerprint density at radius 1 is 1.45 bits per heavy atom. The molecule has 106 valence electrons. The lowest BCUT2D eigenvalue weighted by molar-refractivity contribution is -0.384. The largest absolute Gasteiger partial charge is 0.481 e.